The standard InChI is InChI=1S/C18H29N3O2S/c1-19-18(21-14-6-7-15(12-14)24-4)20-10-9-13-5-8-16(22-2)17(11-13)23-3/h5,8,11,14-15H,6-7,9-10,12H2,1-4H3,(H2,19,20,21). The van der Waals surface area contributed by atoms with E-state index in [1.807, 2.05) is 30.9 Å². The zero-order valence-electron chi connectivity index (χ0n) is 15.1. The molecule has 24 heavy (non-hydrogen) atoms. The molecular weight excluding hydrogens is 322 g/mol. The summed E-state index contributed by atoms with van der Waals surface area (Å²) in [5.74, 6) is 2.42. The molecule has 0 heterocycles. The number of thioether (sulfide) groups is 1. The van der Waals surface area contributed by atoms with E-state index in [0.29, 0.717) is 6.04 Å². The Kier molecular flexibility index (Phi) is 7.56. The SMILES string of the molecule is CN=C(NCCc1ccc(OC)c(OC)c1)NC1CCC(SC)C1. The molecule has 0 amide bonds. The lowest BCUT2D eigenvalue weighted by Crippen LogP contribution is -2.43. The predicted molar refractivity (Wildman–Crippen MR) is 103 cm³/mol. The molecule has 2 N–H and O–H groups in total. The lowest BCUT2D eigenvalue weighted by atomic mass is 10.1. The molecule has 0 spiro atoms. The molecule has 1 saturated carbocycles. The van der Waals surface area contributed by atoms with Crippen LogP contribution in [0.2, 0.25) is 0 Å². The molecule has 0 aromatic heterocycles. The van der Waals surface area contributed by atoms with Gasteiger partial charge in [-0.15, -0.1) is 0 Å². The Morgan fingerprint density at radius 2 is 2.04 bits per heavy atom. The van der Waals surface area contributed by atoms with E-state index in [2.05, 4.69) is 27.9 Å². The maximum absolute atomic E-state index is 5.35. The Morgan fingerprint density at radius 1 is 1.25 bits per heavy atom. The third-order valence-corrected chi connectivity index (χ3v) is 5.53. The van der Waals surface area contributed by atoms with Crippen molar-refractivity contribution < 1.29 is 9.47 Å². The molecule has 2 atom stereocenters. The smallest absolute Gasteiger partial charge is 0.191 e. The summed E-state index contributed by atoms with van der Waals surface area (Å²) in [6.07, 6.45) is 6.84. The van der Waals surface area contributed by atoms with Crippen LogP contribution >= 0.6 is 11.8 Å². The molecule has 0 bridgehead atoms. The van der Waals surface area contributed by atoms with Crippen LogP contribution in [0.4, 0.5) is 0 Å². The zero-order valence-corrected chi connectivity index (χ0v) is 15.9. The average Bonchev–Trinajstić information content (AvgIpc) is 3.08. The number of nitrogens with zero attached hydrogens (tertiary/aromatic N) is 1. The van der Waals surface area contributed by atoms with Crippen molar-refractivity contribution in [3.05, 3.63) is 23.8 Å². The van der Waals surface area contributed by atoms with Crippen LogP contribution < -0.4 is 20.1 Å². The molecule has 2 unspecified atom stereocenters. The molecule has 1 aliphatic carbocycles. The molecule has 1 aromatic rings. The minimum atomic E-state index is 0.537. The van der Waals surface area contributed by atoms with Crippen LogP contribution in [-0.4, -0.2) is 51.3 Å². The largest absolute Gasteiger partial charge is 0.493 e. The van der Waals surface area contributed by atoms with Crippen LogP contribution in [0.3, 0.4) is 0 Å². The first-order valence-electron chi connectivity index (χ1n) is 8.41. The number of methoxy groups -OCH3 is 2. The van der Waals surface area contributed by atoms with Crippen molar-refractivity contribution in [2.24, 2.45) is 4.99 Å². The van der Waals surface area contributed by atoms with Crippen LogP contribution in [0.25, 0.3) is 0 Å². The number of ether oxygens (including phenoxy) is 2. The van der Waals surface area contributed by atoms with E-state index in [9.17, 15) is 0 Å². The van der Waals surface area contributed by atoms with Crippen LogP contribution in [-0.2, 0) is 6.42 Å². The van der Waals surface area contributed by atoms with Crippen molar-refractivity contribution in [2.75, 3.05) is 34.1 Å². The first-order valence-corrected chi connectivity index (χ1v) is 9.69. The highest BCUT2D eigenvalue weighted by molar-refractivity contribution is 7.99. The normalized spacial score (nSPS) is 20.8. The number of nitrogens with one attached hydrogen (secondary N) is 2. The van der Waals surface area contributed by atoms with Crippen molar-refractivity contribution in [1.29, 1.82) is 0 Å². The van der Waals surface area contributed by atoms with E-state index in [-0.39, 0.29) is 0 Å². The van der Waals surface area contributed by atoms with Crippen LogP contribution in [0, 0.1) is 0 Å². The summed E-state index contributed by atoms with van der Waals surface area (Å²) in [7, 11) is 5.14. The Bertz CT molecular complexity index is 551. The fraction of sp³-hybridized carbons (Fsp3) is 0.611. The highest BCUT2D eigenvalue weighted by Crippen LogP contribution is 2.28. The predicted octanol–water partition coefficient (Wildman–Crippen LogP) is 2.70. The zero-order chi connectivity index (χ0) is 17.4. The lowest BCUT2D eigenvalue weighted by Gasteiger charge is -2.17. The molecule has 1 aromatic carbocycles. The minimum absolute atomic E-state index is 0.537. The summed E-state index contributed by atoms with van der Waals surface area (Å²) < 4.78 is 10.6. The third-order valence-electron chi connectivity index (χ3n) is 4.44. The maximum Gasteiger partial charge on any atom is 0.191 e. The molecule has 5 nitrogen and oxygen atoms in total. The minimum Gasteiger partial charge on any atom is -0.493 e. The first-order chi connectivity index (χ1) is 11.7. The van der Waals surface area contributed by atoms with E-state index in [0.717, 1.165) is 35.7 Å². The molecule has 134 valence electrons. The van der Waals surface area contributed by atoms with Crippen molar-refractivity contribution >= 4 is 17.7 Å². The topological polar surface area (TPSA) is 54.9 Å². The van der Waals surface area contributed by atoms with Gasteiger partial charge in [-0.2, -0.15) is 11.8 Å². The molecular formula is C18H29N3O2S. The van der Waals surface area contributed by atoms with Gasteiger partial charge in [0.15, 0.2) is 17.5 Å². The lowest BCUT2D eigenvalue weighted by molar-refractivity contribution is 0.354. The van der Waals surface area contributed by atoms with Crippen molar-refractivity contribution in [1.82, 2.24) is 10.6 Å². The summed E-state index contributed by atoms with van der Waals surface area (Å²) in [6.45, 7) is 0.827. The van der Waals surface area contributed by atoms with Gasteiger partial charge in [-0.05, 0) is 49.6 Å². The average molecular weight is 352 g/mol. The van der Waals surface area contributed by atoms with Gasteiger partial charge in [0.05, 0.1) is 14.2 Å². The Balaban J connectivity index is 1.80. The van der Waals surface area contributed by atoms with Crippen LogP contribution in [0.5, 0.6) is 11.5 Å². The first kappa shape index (κ1) is 18.8. The third kappa shape index (κ3) is 5.23. The van der Waals surface area contributed by atoms with Crippen molar-refractivity contribution in [3.8, 4) is 11.5 Å². The maximum atomic E-state index is 5.35. The Morgan fingerprint density at radius 3 is 2.67 bits per heavy atom. The van der Waals surface area contributed by atoms with E-state index in [4.69, 9.17) is 9.47 Å². The molecule has 2 rings (SSSR count). The van der Waals surface area contributed by atoms with E-state index >= 15 is 0 Å². The molecule has 0 saturated heterocycles. The Labute approximate surface area is 149 Å². The van der Waals surface area contributed by atoms with Crippen LogP contribution in [0.15, 0.2) is 23.2 Å². The summed E-state index contributed by atoms with van der Waals surface area (Å²) in [5, 5.41) is 7.73. The number of benzene rings is 1. The van der Waals surface area contributed by atoms with E-state index < -0.39 is 0 Å². The van der Waals surface area contributed by atoms with Gasteiger partial charge in [0, 0.05) is 24.9 Å². The number of aliphatic imine (C=N–C) groups is 1. The Hall–Kier alpha value is -1.56. The van der Waals surface area contributed by atoms with Crippen molar-refractivity contribution in [2.45, 2.75) is 37.0 Å². The van der Waals surface area contributed by atoms with Crippen LogP contribution in [0.1, 0.15) is 24.8 Å². The van der Waals surface area contributed by atoms with Gasteiger partial charge in [0.25, 0.3) is 0 Å². The fourth-order valence-electron chi connectivity index (χ4n) is 3.03. The molecule has 0 aliphatic heterocycles. The number of hydrogen-bond acceptors (Lipinski definition) is 4. The molecule has 6 heteroatoms. The highest BCUT2D eigenvalue weighted by Gasteiger charge is 2.24. The second-order valence-electron chi connectivity index (χ2n) is 5.95. The summed E-state index contributed by atoms with van der Waals surface area (Å²) >= 11 is 1.97. The van der Waals surface area contributed by atoms with E-state index in [1.165, 1.54) is 24.8 Å². The van der Waals surface area contributed by atoms with E-state index in [1.54, 1.807) is 14.2 Å². The van der Waals surface area contributed by atoms with Gasteiger partial charge >= 0.3 is 0 Å². The van der Waals surface area contributed by atoms with Gasteiger partial charge in [-0.3, -0.25) is 4.99 Å². The van der Waals surface area contributed by atoms with Gasteiger partial charge in [-0.25, -0.2) is 0 Å². The summed E-state index contributed by atoms with van der Waals surface area (Å²) in [5.41, 5.74) is 1.21. The quantitative estimate of drug-likeness (QED) is 0.584. The fourth-order valence-corrected chi connectivity index (χ4v) is 3.83. The van der Waals surface area contributed by atoms with Gasteiger partial charge in [0.2, 0.25) is 0 Å². The second-order valence-corrected chi connectivity index (χ2v) is 7.09. The molecule has 1 fully saturated rings. The number of rotatable bonds is 7. The molecule has 0 radical (unpaired) electrons. The summed E-state index contributed by atoms with van der Waals surface area (Å²) in [6, 6.07) is 6.58. The monoisotopic (exact) mass is 351 g/mol. The van der Waals surface area contributed by atoms with Gasteiger partial charge in [0.1, 0.15) is 0 Å². The van der Waals surface area contributed by atoms with Crippen molar-refractivity contribution in [3.63, 3.8) is 0 Å². The molecule has 1 aliphatic rings. The van der Waals surface area contributed by atoms with Gasteiger partial charge in [-0.1, -0.05) is 6.07 Å². The van der Waals surface area contributed by atoms with Gasteiger partial charge < -0.3 is 20.1 Å². The number of hydrogen-bond donors (Lipinski definition) is 2. The summed E-state index contributed by atoms with van der Waals surface area (Å²) in [4.78, 5) is 4.34. The number of guanidine groups is 1. The second kappa shape index (κ2) is 9.67. The highest BCUT2D eigenvalue weighted by atomic mass is 32.2.